The SMILES string of the molecule is CCN(CC)C(=O)N(C)[C@@H]1CNC[C@H]1O. The molecule has 5 heteroatoms. The smallest absolute Gasteiger partial charge is 0.320 e. The highest BCUT2D eigenvalue weighted by molar-refractivity contribution is 5.74. The van der Waals surface area contributed by atoms with Crippen LogP contribution in [-0.2, 0) is 0 Å². The first-order valence-electron chi connectivity index (χ1n) is 5.52. The van der Waals surface area contributed by atoms with E-state index in [0.29, 0.717) is 26.2 Å². The predicted molar refractivity (Wildman–Crippen MR) is 58.7 cm³/mol. The number of amides is 2. The summed E-state index contributed by atoms with van der Waals surface area (Å²) in [5.74, 6) is 0. The Labute approximate surface area is 91.0 Å². The molecule has 0 aromatic heterocycles. The summed E-state index contributed by atoms with van der Waals surface area (Å²) in [6.45, 7) is 6.56. The van der Waals surface area contributed by atoms with Gasteiger partial charge in [0, 0.05) is 33.2 Å². The van der Waals surface area contributed by atoms with Crippen LogP contribution in [0.4, 0.5) is 4.79 Å². The van der Waals surface area contributed by atoms with Gasteiger partial charge in [0.05, 0.1) is 12.1 Å². The lowest BCUT2D eigenvalue weighted by molar-refractivity contribution is 0.0947. The number of aliphatic hydroxyl groups is 1. The molecule has 0 spiro atoms. The zero-order chi connectivity index (χ0) is 11.4. The van der Waals surface area contributed by atoms with Gasteiger partial charge in [-0.1, -0.05) is 0 Å². The van der Waals surface area contributed by atoms with Crippen molar-refractivity contribution in [1.29, 1.82) is 0 Å². The van der Waals surface area contributed by atoms with Crippen LogP contribution in [0, 0.1) is 0 Å². The molecule has 5 nitrogen and oxygen atoms in total. The molecule has 1 fully saturated rings. The summed E-state index contributed by atoms with van der Waals surface area (Å²) in [7, 11) is 1.75. The second-order valence-electron chi connectivity index (χ2n) is 3.86. The van der Waals surface area contributed by atoms with E-state index in [9.17, 15) is 9.90 Å². The Morgan fingerprint density at radius 3 is 2.40 bits per heavy atom. The molecule has 1 rings (SSSR count). The number of aliphatic hydroxyl groups excluding tert-OH is 1. The van der Waals surface area contributed by atoms with Gasteiger partial charge in [0.2, 0.25) is 0 Å². The van der Waals surface area contributed by atoms with Crippen molar-refractivity contribution < 1.29 is 9.90 Å². The number of likely N-dealkylation sites (N-methyl/N-ethyl adjacent to an activating group) is 1. The first-order chi connectivity index (χ1) is 7.11. The number of carbonyl (C=O) groups is 1. The third kappa shape index (κ3) is 2.60. The Balaban J connectivity index is 2.58. The van der Waals surface area contributed by atoms with Crippen molar-refractivity contribution >= 4 is 6.03 Å². The summed E-state index contributed by atoms with van der Waals surface area (Å²) >= 11 is 0. The average Bonchev–Trinajstić information content (AvgIpc) is 2.65. The fourth-order valence-corrected chi connectivity index (χ4v) is 1.91. The van der Waals surface area contributed by atoms with Gasteiger partial charge in [0.25, 0.3) is 0 Å². The summed E-state index contributed by atoms with van der Waals surface area (Å²) in [5.41, 5.74) is 0. The van der Waals surface area contributed by atoms with Gasteiger partial charge in [-0.2, -0.15) is 0 Å². The van der Waals surface area contributed by atoms with Gasteiger partial charge in [0.1, 0.15) is 0 Å². The van der Waals surface area contributed by atoms with Gasteiger partial charge in [-0.25, -0.2) is 4.79 Å². The van der Waals surface area contributed by atoms with Crippen LogP contribution < -0.4 is 5.32 Å². The molecule has 0 unspecified atom stereocenters. The van der Waals surface area contributed by atoms with E-state index in [1.165, 1.54) is 0 Å². The van der Waals surface area contributed by atoms with Crippen molar-refractivity contribution in [3.05, 3.63) is 0 Å². The second kappa shape index (κ2) is 5.32. The largest absolute Gasteiger partial charge is 0.390 e. The van der Waals surface area contributed by atoms with E-state index in [4.69, 9.17) is 0 Å². The van der Waals surface area contributed by atoms with E-state index in [2.05, 4.69) is 5.32 Å². The fourth-order valence-electron chi connectivity index (χ4n) is 1.91. The zero-order valence-corrected chi connectivity index (χ0v) is 9.73. The van der Waals surface area contributed by atoms with E-state index in [1.807, 2.05) is 13.8 Å². The molecular formula is C10H21N3O2. The van der Waals surface area contributed by atoms with Crippen molar-refractivity contribution in [2.75, 3.05) is 33.2 Å². The third-order valence-corrected chi connectivity index (χ3v) is 2.98. The molecule has 0 radical (unpaired) electrons. The lowest BCUT2D eigenvalue weighted by Gasteiger charge is -2.31. The molecule has 2 amide bonds. The molecule has 0 aromatic rings. The van der Waals surface area contributed by atoms with E-state index in [0.717, 1.165) is 0 Å². The Morgan fingerprint density at radius 1 is 1.40 bits per heavy atom. The van der Waals surface area contributed by atoms with Crippen LogP contribution in [0.5, 0.6) is 0 Å². The third-order valence-electron chi connectivity index (χ3n) is 2.98. The molecule has 2 atom stereocenters. The number of hydrogen-bond acceptors (Lipinski definition) is 3. The summed E-state index contributed by atoms with van der Waals surface area (Å²) in [5, 5.41) is 12.7. The summed E-state index contributed by atoms with van der Waals surface area (Å²) < 4.78 is 0. The minimum absolute atomic E-state index is 0.00671. The molecule has 15 heavy (non-hydrogen) atoms. The molecule has 2 N–H and O–H groups in total. The van der Waals surface area contributed by atoms with Gasteiger partial charge in [-0.3, -0.25) is 0 Å². The Morgan fingerprint density at radius 2 is 2.00 bits per heavy atom. The lowest BCUT2D eigenvalue weighted by atomic mass is 10.2. The molecule has 0 bridgehead atoms. The van der Waals surface area contributed by atoms with Crippen LogP contribution in [0.25, 0.3) is 0 Å². The number of urea groups is 1. The van der Waals surface area contributed by atoms with Crippen LogP contribution >= 0.6 is 0 Å². The van der Waals surface area contributed by atoms with Crippen molar-refractivity contribution in [3.8, 4) is 0 Å². The standard InChI is InChI=1S/C10H21N3O2/c1-4-13(5-2)10(15)12(3)8-6-11-7-9(8)14/h8-9,11,14H,4-7H2,1-3H3/t8-,9-/m1/s1. The average molecular weight is 215 g/mol. The highest BCUT2D eigenvalue weighted by atomic mass is 16.3. The van der Waals surface area contributed by atoms with E-state index in [-0.39, 0.29) is 12.1 Å². The topological polar surface area (TPSA) is 55.8 Å². The Kier molecular flexibility index (Phi) is 4.35. The molecule has 1 heterocycles. The van der Waals surface area contributed by atoms with Crippen LogP contribution in [0.2, 0.25) is 0 Å². The van der Waals surface area contributed by atoms with Gasteiger partial charge in [-0.05, 0) is 13.8 Å². The van der Waals surface area contributed by atoms with Crippen LogP contribution in [0.15, 0.2) is 0 Å². The van der Waals surface area contributed by atoms with Gasteiger partial charge < -0.3 is 20.2 Å². The predicted octanol–water partition coefficient (Wildman–Crippen LogP) is -0.287. The molecule has 0 saturated carbocycles. The minimum Gasteiger partial charge on any atom is -0.390 e. The first kappa shape index (κ1) is 12.3. The molecule has 88 valence electrons. The quantitative estimate of drug-likeness (QED) is 0.680. The number of hydrogen-bond donors (Lipinski definition) is 2. The maximum Gasteiger partial charge on any atom is 0.320 e. The molecular weight excluding hydrogens is 194 g/mol. The number of β-amino-alcohol motifs (C(OH)–C–C–N with tert-alkyl or cyclic N) is 1. The summed E-state index contributed by atoms with van der Waals surface area (Å²) in [6, 6.07) is -0.106. The van der Waals surface area contributed by atoms with Crippen molar-refractivity contribution in [2.45, 2.75) is 26.0 Å². The maximum absolute atomic E-state index is 12.0. The Bertz CT molecular complexity index is 219. The number of nitrogens with zero attached hydrogens (tertiary/aromatic N) is 2. The number of nitrogens with one attached hydrogen (secondary N) is 1. The fraction of sp³-hybridized carbons (Fsp3) is 0.900. The monoisotopic (exact) mass is 215 g/mol. The summed E-state index contributed by atoms with van der Waals surface area (Å²) in [6.07, 6.45) is -0.450. The van der Waals surface area contributed by atoms with Crippen LogP contribution in [0.1, 0.15) is 13.8 Å². The zero-order valence-electron chi connectivity index (χ0n) is 9.73. The van der Waals surface area contributed by atoms with E-state index < -0.39 is 6.10 Å². The maximum atomic E-state index is 12.0. The van der Waals surface area contributed by atoms with Crippen molar-refractivity contribution in [1.82, 2.24) is 15.1 Å². The van der Waals surface area contributed by atoms with E-state index in [1.54, 1.807) is 16.8 Å². The van der Waals surface area contributed by atoms with Gasteiger partial charge in [-0.15, -0.1) is 0 Å². The van der Waals surface area contributed by atoms with Crippen molar-refractivity contribution in [3.63, 3.8) is 0 Å². The van der Waals surface area contributed by atoms with E-state index >= 15 is 0 Å². The van der Waals surface area contributed by atoms with Gasteiger partial charge in [0.15, 0.2) is 0 Å². The van der Waals surface area contributed by atoms with Gasteiger partial charge >= 0.3 is 6.03 Å². The molecule has 0 aliphatic carbocycles. The lowest BCUT2D eigenvalue weighted by Crippen LogP contribution is -2.50. The first-order valence-corrected chi connectivity index (χ1v) is 5.52. The normalized spacial score (nSPS) is 25.3. The van der Waals surface area contributed by atoms with Crippen LogP contribution in [0.3, 0.4) is 0 Å². The van der Waals surface area contributed by atoms with Crippen LogP contribution in [-0.4, -0.2) is 66.3 Å². The summed E-state index contributed by atoms with van der Waals surface area (Å²) in [4.78, 5) is 15.3. The minimum atomic E-state index is -0.450. The molecule has 1 saturated heterocycles. The highest BCUT2D eigenvalue weighted by Gasteiger charge is 2.32. The second-order valence-corrected chi connectivity index (χ2v) is 3.86. The van der Waals surface area contributed by atoms with Crippen molar-refractivity contribution in [2.24, 2.45) is 0 Å². The number of carbonyl (C=O) groups excluding carboxylic acids is 1. The Hall–Kier alpha value is -0.810. The number of rotatable bonds is 3. The highest BCUT2D eigenvalue weighted by Crippen LogP contribution is 2.09. The molecule has 1 aliphatic heterocycles. The molecule has 0 aromatic carbocycles. The molecule has 1 aliphatic rings.